The minimum absolute atomic E-state index is 0.222. The van der Waals surface area contributed by atoms with E-state index in [1.165, 1.54) is 12.8 Å². The summed E-state index contributed by atoms with van der Waals surface area (Å²) in [4.78, 5) is 14.8. The molecule has 104 valence electrons. The van der Waals surface area contributed by atoms with Gasteiger partial charge in [0.25, 0.3) is 5.91 Å². The van der Waals surface area contributed by atoms with Gasteiger partial charge >= 0.3 is 0 Å². The minimum atomic E-state index is -0.560. The van der Waals surface area contributed by atoms with Crippen LogP contribution in [0.15, 0.2) is 0 Å². The Bertz CT molecular complexity index is 284. The quantitative estimate of drug-likeness (QED) is 0.779. The summed E-state index contributed by atoms with van der Waals surface area (Å²) in [6.45, 7) is 5.69. The van der Waals surface area contributed by atoms with Gasteiger partial charge in [-0.1, -0.05) is 6.92 Å². The van der Waals surface area contributed by atoms with Crippen LogP contribution >= 0.6 is 0 Å². The molecule has 4 heteroatoms. The zero-order valence-electron chi connectivity index (χ0n) is 11.7. The molecule has 0 atom stereocenters. The molecular formula is C14H26N2O2. The maximum atomic E-state index is 12.8. The van der Waals surface area contributed by atoms with Gasteiger partial charge in [0.1, 0.15) is 5.60 Å². The molecule has 1 N–H and O–H groups in total. The third kappa shape index (κ3) is 3.04. The Morgan fingerprint density at radius 3 is 2.56 bits per heavy atom. The van der Waals surface area contributed by atoms with E-state index in [-0.39, 0.29) is 5.91 Å². The Morgan fingerprint density at radius 1 is 1.39 bits per heavy atom. The van der Waals surface area contributed by atoms with Crippen LogP contribution in [0, 0.1) is 5.92 Å². The normalized spacial score (nSPS) is 22.8. The van der Waals surface area contributed by atoms with E-state index >= 15 is 0 Å². The van der Waals surface area contributed by atoms with E-state index in [2.05, 4.69) is 12.2 Å². The number of ether oxygens (including phenoxy) is 1. The lowest BCUT2D eigenvalue weighted by Crippen LogP contribution is -2.55. The molecule has 0 spiro atoms. The van der Waals surface area contributed by atoms with Crippen LogP contribution in [0.3, 0.4) is 0 Å². The van der Waals surface area contributed by atoms with Crippen LogP contribution in [0.4, 0.5) is 0 Å². The van der Waals surface area contributed by atoms with Crippen molar-refractivity contribution in [3.63, 3.8) is 0 Å². The van der Waals surface area contributed by atoms with Gasteiger partial charge in [0.15, 0.2) is 0 Å². The molecule has 0 aromatic rings. The number of nitrogens with one attached hydrogen (secondary N) is 1. The number of nitrogens with zero attached hydrogens (tertiary/aromatic N) is 1. The summed E-state index contributed by atoms with van der Waals surface area (Å²) in [5, 5.41) is 3.30. The maximum Gasteiger partial charge on any atom is 0.254 e. The maximum absolute atomic E-state index is 12.8. The molecule has 1 aliphatic carbocycles. The number of methoxy groups -OCH3 is 1. The highest BCUT2D eigenvalue weighted by Crippen LogP contribution is 2.32. The summed E-state index contributed by atoms with van der Waals surface area (Å²) in [6, 6.07) is 0. The first kappa shape index (κ1) is 13.8. The van der Waals surface area contributed by atoms with E-state index in [9.17, 15) is 4.79 Å². The summed E-state index contributed by atoms with van der Waals surface area (Å²) in [5.41, 5.74) is -0.560. The van der Waals surface area contributed by atoms with E-state index in [1.54, 1.807) is 7.11 Å². The molecule has 2 fully saturated rings. The van der Waals surface area contributed by atoms with E-state index < -0.39 is 5.60 Å². The molecule has 0 bridgehead atoms. The second-order valence-corrected chi connectivity index (χ2v) is 5.64. The van der Waals surface area contributed by atoms with Crippen LogP contribution in [-0.2, 0) is 9.53 Å². The van der Waals surface area contributed by atoms with Crippen molar-refractivity contribution >= 4 is 5.91 Å². The first-order chi connectivity index (χ1) is 8.72. The number of amides is 1. The van der Waals surface area contributed by atoms with Gasteiger partial charge in [0.2, 0.25) is 0 Å². The van der Waals surface area contributed by atoms with Crippen molar-refractivity contribution in [2.24, 2.45) is 5.92 Å². The highest BCUT2D eigenvalue weighted by Gasteiger charge is 2.43. The van der Waals surface area contributed by atoms with Crippen molar-refractivity contribution in [3.05, 3.63) is 0 Å². The third-order valence-electron chi connectivity index (χ3n) is 4.15. The van der Waals surface area contributed by atoms with E-state index in [0.717, 1.165) is 51.4 Å². The van der Waals surface area contributed by atoms with Gasteiger partial charge < -0.3 is 15.0 Å². The highest BCUT2D eigenvalue weighted by molar-refractivity contribution is 5.85. The number of hydrogen-bond acceptors (Lipinski definition) is 3. The summed E-state index contributed by atoms with van der Waals surface area (Å²) in [7, 11) is 1.68. The molecule has 0 aromatic carbocycles. The number of piperidine rings is 1. The fraction of sp³-hybridized carbons (Fsp3) is 0.929. The fourth-order valence-electron chi connectivity index (χ4n) is 2.78. The SMILES string of the molecule is CCCN(CC1CC1)C(=O)C1(OC)CCNCC1. The second-order valence-electron chi connectivity index (χ2n) is 5.64. The van der Waals surface area contributed by atoms with Gasteiger partial charge in [0, 0.05) is 20.2 Å². The van der Waals surface area contributed by atoms with Gasteiger partial charge in [-0.2, -0.15) is 0 Å². The minimum Gasteiger partial charge on any atom is -0.368 e. The smallest absolute Gasteiger partial charge is 0.254 e. The molecule has 1 aliphatic heterocycles. The highest BCUT2D eigenvalue weighted by atomic mass is 16.5. The largest absolute Gasteiger partial charge is 0.368 e. The first-order valence-electron chi connectivity index (χ1n) is 7.27. The average molecular weight is 254 g/mol. The zero-order valence-corrected chi connectivity index (χ0v) is 11.7. The van der Waals surface area contributed by atoms with E-state index in [1.807, 2.05) is 4.90 Å². The monoisotopic (exact) mass is 254 g/mol. The lowest BCUT2D eigenvalue weighted by atomic mass is 9.90. The van der Waals surface area contributed by atoms with Crippen molar-refractivity contribution in [2.75, 3.05) is 33.3 Å². The van der Waals surface area contributed by atoms with Crippen LogP contribution in [-0.4, -0.2) is 49.7 Å². The van der Waals surface area contributed by atoms with Gasteiger partial charge in [-0.3, -0.25) is 4.79 Å². The lowest BCUT2D eigenvalue weighted by molar-refractivity contribution is -0.158. The first-order valence-corrected chi connectivity index (χ1v) is 7.27. The number of rotatable bonds is 6. The van der Waals surface area contributed by atoms with Gasteiger partial charge in [-0.25, -0.2) is 0 Å². The summed E-state index contributed by atoms with van der Waals surface area (Å²) in [6.07, 6.45) is 5.20. The summed E-state index contributed by atoms with van der Waals surface area (Å²) < 4.78 is 5.64. The van der Waals surface area contributed by atoms with Gasteiger partial charge in [-0.15, -0.1) is 0 Å². The van der Waals surface area contributed by atoms with Crippen molar-refractivity contribution < 1.29 is 9.53 Å². The summed E-state index contributed by atoms with van der Waals surface area (Å²) in [5.74, 6) is 0.969. The molecule has 1 saturated heterocycles. The molecule has 1 amide bonds. The number of carbonyl (C=O) groups excluding carboxylic acids is 1. The average Bonchev–Trinajstić information content (AvgIpc) is 3.22. The number of hydrogen-bond donors (Lipinski definition) is 1. The van der Waals surface area contributed by atoms with Crippen molar-refractivity contribution in [3.8, 4) is 0 Å². The van der Waals surface area contributed by atoms with Crippen LogP contribution in [0.2, 0.25) is 0 Å². The molecule has 0 unspecified atom stereocenters. The molecule has 2 aliphatic rings. The van der Waals surface area contributed by atoms with Crippen molar-refractivity contribution in [1.82, 2.24) is 10.2 Å². The van der Waals surface area contributed by atoms with Gasteiger partial charge in [-0.05, 0) is 51.1 Å². The molecule has 2 rings (SSSR count). The second kappa shape index (κ2) is 6.02. The van der Waals surface area contributed by atoms with Crippen molar-refractivity contribution in [1.29, 1.82) is 0 Å². The Labute approximate surface area is 110 Å². The Kier molecular flexibility index (Phi) is 4.62. The summed E-state index contributed by atoms with van der Waals surface area (Å²) >= 11 is 0. The Morgan fingerprint density at radius 2 is 2.06 bits per heavy atom. The van der Waals surface area contributed by atoms with Gasteiger partial charge in [0.05, 0.1) is 0 Å². The molecule has 0 aromatic heterocycles. The van der Waals surface area contributed by atoms with E-state index in [4.69, 9.17) is 4.74 Å². The molecule has 1 heterocycles. The van der Waals surface area contributed by atoms with E-state index in [0.29, 0.717) is 0 Å². The predicted molar refractivity (Wildman–Crippen MR) is 71.4 cm³/mol. The topological polar surface area (TPSA) is 41.6 Å². The Hall–Kier alpha value is -0.610. The van der Waals surface area contributed by atoms with Crippen molar-refractivity contribution in [2.45, 2.75) is 44.6 Å². The lowest BCUT2D eigenvalue weighted by Gasteiger charge is -2.39. The molecular weight excluding hydrogens is 228 g/mol. The molecule has 4 nitrogen and oxygen atoms in total. The third-order valence-corrected chi connectivity index (χ3v) is 4.15. The Balaban J connectivity index is 2.03. The van der Waals surface area contributed by atoms with Crippen LogP contribution in [0.25, 0.3) is 0 Å². The van der Waals surface area contributed by atoms with Crippen LogP contribution < -0.4 is 5.32 Å². The zero-order chi connectivity index (χ0) is 13.0. The standard InChI is InChI=1S/C14H26N2O2/c1-3-10-16(11-12-4-5-12)13(17)14(18-2)6-8-15-9-7-14/h12,15H,3-11H2,1-2H3. The molecule has 18 heavy (non-hydrogen) atoms. The van der Waals surface area contributed by atoms with Crippen LogP contribution in [0.1, 0.15) is 39.0 Å². The number of carbonyl (C=O) groups is 1. The fourth-order valence-corrected chi connectivity index (χ4v) is 2.78. The predicted octanol–water partition coefficient (Wildman–Crippen LogP) is 1.40. The molecule has 0 radical (unpaired) electrons. The molecule has 1 saturated carbocycles. The van der Waals surface area contributed by atoms with Crippen LogP contribution in [0.5, 0.6) is 0 Å².